The van der Waals surface area contributed by atoms with Crippen molar-refractivity contribution in [2.75, 3.05) is 6.61 Å². The van der Waals surface area contributed by atoms with E-state index in [1.807, 2.05) is 0 Å². The number of hydrogen-bond donors (Lipinski definition) is 0. The SMILES string of the molecule is O=CCCCOC1CCCCCC1. The third-order valence-electron chi connectivity index (χ3n) is 2.62. The summed E-state index contributed by atoms with van der Waals surface area (Å²) in [5, 5.41) is 0. The first kappa shape index (κ1) is 10.7. The third-order valence-corrected chi connectivity index (χ3v) is 2.62. The van der Waals surface area contributed by atoms with Gasteiger partial charge in [0.15, 0.2) is 0 Å². The number of aldehydes is 1. The van der Waals surface area contributed by atoms with Crippen molar-refractivity contribution in [2.45, 2.75) is 57.5 Å². The molecule has 0 aromatic rings. The molecule has 1 fully saturated rings. The molecule has 0 N–H and O–H groups in total. The first-order chi connectivity index (χ1) is 6.43. The topological polar surface area (TPSA) is 26.3 Å². The normalized spacial score (nSPS) is 19.7. The minimum Gasteiger partial charge on any atom is -0.378 e. The highest BCUT2D eigenvalue weighted by Crippen LogP contribution is 2.19. The predicted molar refractivity (Wildman–Crippen MR) is 52.7 cm³/mol. The lowest BCUT2D eigenvalue weighted by Crippen LogP contribution is -2.12. The molecule has 0 saturated heterocycles. The minimum atomic E-state index is 0.481. The molecule has 0 amide bonds. The molecule has 0 atom stereocenters. The number of carbonyl (C=O) groups is 1. The van der Waals surface area contributed by atoms with Gasteiger partial charge in [0, 0.05) is 13.0 Å². The first-order valence-corrected chi connectivity index (χ1v) is 5.48. The van der Waals surface area contributed by atoms with E-state index in [1.165, 1.54) is 38.5 Å². The number of unbranched alkanes of at least 4 members (excludes halogenated alkanes) is 1. The zero-order chi connectivity index (χ0) is 9.36. The maximum Gasteiger partial charge on any atom is 0.120 e. The van der Waals surface area contributed by atoms with Crippen molar-refractivity contribution < 1.29 is 9.53 Å². The zero-order valence-corrected chi connectivity index (χ0v) is 8.34. The molecule has 0 heterocycles. The summed E-state index contributed by atoms with van der Waals surface area (Å²) in [5.41, 5.74) is 0. The summed E-state index contributed by atoms with van der Waals surface area (Å²) in [4.78, 5) is 10.1. The number of rotatable bonds is 5. The molecule has 1 rings (SSSR count). The average molecular weight is 184 g/mol. The van der Waals surface area contributed by atoms with Crippen LogP contribution in [0.3, 0.4) is 0 Å². The van der Waals surface area contributed by atoms with E-state index in [0.717, 1.165) is 19.3 Å². The number of carbonyl (C=O) groups excluding carboxylic acids is 1. The Balaban J connectivity index is 2.01. The van der Waals surface area contributed by atoms with Crippen LogP contribution in [0.25, 0.3) is 0 Å². The molecule has 2 nitrogen and oxygen atoms in total. The predicted octanol–water partition coefficient (Wildman–Crippen LogP) is 2.70. The van der Waals surface area contributed by atoms with Gasteiger partial charge in [-0.25, -0.2) is 0 Å². The largest absolute Gasteiger partial charge is 0.378 e. The molecule has 76 valence electrons. The Morgan fingerprint density at radius 2 is 1.85 bits per heavy atom. The van der Waals surface area contributed by atoms with Crippen LogP contribution in [0, 0.1) is 0 Å². The standard InChI is InChI=1S/C11H20O2/c12-9-5-6-10-13-11-7-3-1-2-4-8-11/h9,11H,1-8,10H2. The van der Waals surface area contributed by atoms with E-state index >= 15 is 0 Å². The van der Waals surface area contributed by atoms with Crippen LogP contribution >= 0.6 is 0 Å². The van der Waals surface area contributed by atoms with Crippen LogP contribution in [-0.2, 0) is 9.53 Å². The van der Waals surface area contributed by atoms with Crippen LogP contribution in [0.1, 0.15) is 51.4 Å². The van der Waals surface area contributed by atoms with Gasteiger partial charge in [-0.1, -0.05) is 25.7 Å². The minimum absolute atomic E-state index is 0.481. The molecule has 13 heavy (non-hydrogen) atoms. The van der Waals surface area contributed by atoms with Crippen LogP contribution < -0.4 is 0 Å². The lowest BCUT2D eigenvalue weighted by molar-refractivity contribution is -0.108. The van der Waals surface area contributed by atoms with E-state index in [0.29, 0.717) is 12.5 Å². The number of hydrogen-bond acceptors (Lipinski definition) is 2. The fourth-order valence-electron chi connectivity index (χ4n) is 1.83. The maximum atomic E-state index is 10.1. The Morgan fingerprint density at radius 3 is 2.46 bits per heavy atom. The second kappa shape index (κ2) is 7.07. The summed E-state index contributed by atoms with van der Waals surface area (Å²) in [6, 6.07) is 0. The maximum absolute atomic E-state index is 10.1. The van der Waals surface area contributed by atoms with Crippen molar-refractivity contribution in [1.82, 2.24) is 0 Å². The lowest BCUT2D eigenvalue weighted by atomic mass is 10.1. The Labute approximate surface area is 80.7 Å². The van der Waals surface area contributed by atoms with Crippen LogP contribution in [0.15, 0.2) is 0 Å². The second-order valence-corrected chi connectivity index (χ2v) is 3.79. The fourth-order valence-corrected chi connectivity index (χ4v) is 1.83. The van der Waals surface area contributed by atoms with Crippen LogP contribution in [-0.4, -0.2) is 19.0 Å². The molecule has 0 radical (unpaired) electrons. The third kappa shape index (κ3) is 5.04. The van der Waals surface area contributed by atoms with E-state index in [1.54, 1.807) is 0 Å². The van der Waals surface area contributed by atoms with Gasteiger partial charge in [-0.15, -0.1) is 0 Å². The highest BCUT2D eigenvalue weighted by atomic mass is 16.5. The molecule has 0 unspecified atom stereocenters. The van der Waals surface area contributed by atoms with Gasteiger partial charge >= 0.3 is 0 Å². The Kier molecular flexibility index (Phi) is 5.83. The number of ether oxygens (including phenoxy) is 1. The zero-order valence-electron chi connectivity index (χ0n) is 8.34. The van der Waals surface area contributed by atoms with Crippen molar-refractivity contribution in [2.24, 2.45) is 0 Å². The van der Waals surface area contributed by atoms with E-state index < -0.39 is 0 Å². The van der Waals surface area contributed by atoms with E-state index in [9.17, 15) is 4.79 Å². The van der Waals surface area contributed by atoms with Crippen molar-refractivity contribution in [3.8, 4) is 0 Å². The van der Waals surface area contributed by atoms with Crippen LogP contribution in [0.2, 0.25) is 0 Å². The quantitative estimate of drug-likeness (QED) is 0.373. The van der Waals surface area contributed by atoms with Gasteiger partial charge < -0.3 is 9.53 Å². The van der Waals surface area contributed by atoms with Crippen molar-refractivity contribution in [3.05, 3.63) is 0 Å². The second-order valence-electron chi connectivity index (χ2n) is 3.79. The molecule has 0 aromatic heterocycles. The molecule has 1 aliphatic rings. The Morgan fingerprint density at radius 1 is 1.15 bits per heavy atom. The van der Waals surface area contributed by atoms with Crippen molar-refractivity contribution >= 4 is 6.29 Å². The Hall–Kier alpha value is -0.370. The molecule has 1 aliphatic carbocycles. The van der Waals surface area contributed by atoms with Gasteiger partial charge in [0.25, 0.3) is 0 Å². The molecule has 0 bridgehead atoms. The summed E-state index contributed by atoms with van der Waals surface area (Å²) >= 11 is 0. The summed E-state index contributed by atoms with van der Waals surface area (Å²) in [7, 11) is 0. The van der Waals surface area contributed by atoms with E-state index in [4.69, 9.17) is 4.74 Å². The van der Waals surface area contributed by atoms with Gasteiger partial charge in [-0.05, 0) is 19.3 Å². The lowest BCUT2D eigenvalue weighted by Gasteiger charge is -2.14. The highest BCUT2D eigenvalue weighted by molar-refractivity contribution is 5.48. The molecular formula is C11H20O2. The van der Waals surface area contributed by atoms with Gasteiger partial charge in [-0.2, -0.15) is 0 Å². The van der Waals surface area contributed by atoms with E-state index in [-0.39, 0.29) is 0 Å². The highest BCUT2D eigenvalue weighted by Gasteiger charge is 2.11. The van der Waals surface area contributed by atoms with Crippen molar-refractivity contribution in [3.63, 3.8) is 0 Å². The fraction of sp³-hybridized carbons (Fsp3) is 0.909. The molecule has 2 heteroatoms. The van der Waals surface area contributed by atoms with Crippen LogP contribution in [0.5, 0.6) is 0 Å². The molecule has 0 aromatic carbocycles. The molecule has 0 aliphatic heterocycles. The smallest absolute Gasteiger partial charge is 0.120 e. The van der Waals surface area contributed by atoms with Crippen molar-refractivity contribution in [1.29, 1.82) is 0 Å². The average Bonchev–Trinajstić information content (AvgIpc) is 2.41. The molecular weight excluding hydrogens is 164 g/mol. The van der Waals surface area contributed by atoms with Gasteiger partial charge in [0.2, 0.25) is 0 Å². The summed E-state index contributed by atoms with van der Waals surface area (Å²) in [5.74, 6) is 0. The van der Waals surface area contributed by atoms with Gasteiger partial charge in [0.05, 0.1) is 6.10 Å². The molecule has 1 saturated carbocycles. The first-order valence-electron chi connectivity index (χ1n) is 5.48. The molecule has 0 spiro atoms. The van der Waals surface area contributed by atoms with Gasteiger partial charge in [-0.3, -0.25) is 0 Å². The van der Waals surface area contributed by atoms with E-state index in [2.05, 4.69) is 0 Å². The summed E-state index contributed by atoms with van der Waals surface area (Å²) < 4.78 is 5.71. The monoisotopic (exact) mass is 184 g/mol. The summed E-state index contributed by atoms with van der Waals surface area (Å²) in [6.07, 6.45) is 10.8. The Bertz CT molecular complexity index is 126. The van der Waals surface area contributed by atoms with Gasteiger partial charge in [0.1, 0.15) is 6.29 Å². The summed E-state index contributed by atoms with van der Waals surface area (Å²) in [6.45, 7) is 0.767. The van der Waals surface area contributed by atoms with Crippen LogP contribution in [0.4, 0.5) is 0 Å².